The molecule has 9 heteroatoms. The van der Waals surface area contributed by atoms with E-state index in [-0.39, 0.29) is 5.91 Å². The molecule has 1 saturated heterocycles. The molecular formula is C21H22N8O. The van der Waals surface area contributed by atoms with Crippen molar-refractivity contribution in [3.05, 3.63) is 37.1 Å². The van der Waals surface area contributed by atoms with E-state index in [0.29, 0.717) is 23.8 Å². The van der Waals surface area contributed by atoms with Gasteiger partial charge in [0.25, 0.3) is 0 Å². The molecular weight excluding hydrogens is 380 g/mol. The van der Waals surface area contributed by atoms with Crippen LogP contribution in [0.2, 0.25) is 0 Å². The summed E-state index contributed by atoms with van der Waals surface area (Å²) in [4.78, 5) is 30.3. The minimum Gasteiger partial charge on any atom is -0.351 e. The van der Waals surface area contributed by atoms with Crippen LogP contribution in [-0.4, -0.2) is 59.5 Å². The number of nitrogens with one attached hydrogen (secondary N) is 2. The average Bonchev–Trinajstić information content (AvgIpc) is 3.49. The van der Waals surface area contributed by atoms with Crippen LogP contribution in [0.3, 0.4) is 0 Å². The SMILES string of the molecule is CC(=O)N1C[C@H]2C[C@H](Nc3ncc4c(-c5ccc6ncnn6c5)c[nH]c4n3)C[C@H]2C1. The molecule has 2 N–H and O–H groups in total. The first-order valence-corrected chi connectivity index (χ1v) is 10.3. The highest BCUT2D eigenvalue weighted by Crippen LogP contribution is 2.39. The topological polar surface area (TPSA) is 104 Å². The number of aromatic nitrogens is 6. The third-order valence-corrected chi connectivity index (χ3v) is 6.55. The highest BCUT2D eigenvalue weighted by atomic mass is 16.2. The molecule has 30 heavy (non-hydrogen) atoms. The molecule has 9 nitrogen and oxygen atoms in total. The minimum absolute atomic E-state index is 0.188. The Labute approximate surface area is 172 Å². The molecule has 6 rings (SSSR count). The largest absolute Gasteiger partial charge is 0.351 e. The van der Waals surface area contributed by atoms with E-state index in [9.17, 15) is 4.79 Å². The lowest BCUT2D eigenvalue weighted by molar-refractivity contribution is -0.128. The number of likely N-dealkylation sites (tertiary alicyclic amines) is 1. The third-order valence-electron chi connectivity index (χ3n) is 6.55. The molecule has 4 aromatic rings. The zero-order valence-electron chi connectivity index (χ0n) is 16.6. The first kappa shape index (κ1) is 17.4. The number of hydrogen-bond donors (Lipinski definition) is 2. The Bertz CT molecular complexity index is 1250. The predicted octanol–water partition coefficient (Wildman–Crippen LogP) is 2.34. The van der Waals surface area contributed by atoms with Gasteiger partial charge < -0.3 is 15.2 Å². The molecule has 3 atom stereocenters. The Balaban J connectivity index is 1.21. The number of rotatable bonds is 3. The molecule has 1 aliphatic heterocycles. The molecule has 0 spiro atoms. The molecule has 1 aliphatic carbocycles. The summed E-state index contributed by atoms with van der Waals surface area (Å²) in [5.74, 6) is 2.00. The third kappa shape index (κ3) is 2.80. The van der Waals surface area contributed by atoms with E-state index in [1.165, 1.54) is 0 Å². The number of nitrogens with zero attached hydrogens (tertiary/aromatic N) is 6. The summed E-state index contributed by atoms with van der Waals surface area (Å²) in [5, 5.41) is 8.69. The van der Waals surface area contributed by atoms with Crippen LogP contribution in [0.25, 0.3) is 27.8 Å². The number of anilines is 1. The second kappa shape index (κ2) is 6.51. The first-order chi connectivity index (χ1) is 14.6. The summed E-state index contributed by atoms with van der Waals surface area (Å²) in [6.07, 6.45) is 9.45. The van der Waals surface area contributed by atoms with Crippen molar-refractivity contribution >= 4 is 28.5 Å². The molecule has 1 saturated carbocycles. The molecule has 0 aromatic carbocycles. The van der Waals surface area contributed by atoms with Crippen LogP contribution in [0.1, 0.15) is 19.8 Å². The molecule has 0 radical (unpaired) electrons. The number of carbonyl (C=O) groups excluding carboxylic acids is 1. The van der Waals surface area contributed by atoms with Crippen LogP contribution in [0.15, 0.2) is 37.1 Å². The van der Waals surface area contributed by atoms with Crippen molar-refractivity contribution in [3.8, 4) is 11.1 Å². The van der Waals surface area contributed by atoms with Gasteiger partial charge in [0.2, 0.25) is 11.9 Å². The maximum absolute atomic E-state index is 11.6. The Morgan fingerprint density at radius 1 is 1.20 bits per heavy atom. The van der Waals surface area contributed by atoms with Crippen LogP contribution in [0, 0.1) is 11.8 Å². The van der Waals surface area contributed by atoms with Gasteiger partial charge in [0.1, 0.15) is 12.0 Å². The van der Waals surface area contributed by atoms with Crippen molar-refractivity contribution in [3.63, 3.8) is 0 Å². The van der Waals surface area contributed by atoms with E-state index in [0.717, 1.165) is 53.7 Å². The van der Waals surface area contributed by atoms with Gasteiger partial charge in [0.05, 0.1) is 0 Å². The Morgan fingerprint density at radius 3 is 2.83 bits per heavy atom. The highest BCUT2D eigenvalue weighted by Gasteiger charge is 2.41. The van der Waals surface area contributed by atoms with E-state index >= 15 is 0 Å². The second-order valence-corrected chi connectivity index (χ2v) is 8.40. The van der Waals surface area contributed by atoms with Gasteiger partial charge >= 0.3 is 0 Å². The van der Waals surface area contributed by atoms with Crippen LogP contribution in [0.5, 0.6) is 0 Å². The number of H-pyrrole nitrogens is 1. The van der Waals surface area contributed by atoms with Gasteiger partial charge in [-0.15, -0.1) is 0 Å². The number of carbonyl (C=O) groups is 1. The molecule has 4 aromatic heterocycles. The van der Waals surface area contributed by atoms with Gasteiger partial charge in [0.15, 0.2) is 5.65 Å². The van der Waals surface area contributed by atoms with E-state index in [2.05, 4.69) is 25.4 Å². The zero-order chi connectivity index (χ0) is 20.2. The molecule has 2 aliphatic rings. The summed E-state index contributed by atoms with van der Waals surface area (Å²) < 4.78 is 1.76. The van der Waals surface area contributed by atoms with Gasteiger partial charge in [0, 0.05) is 61.2 Å². The lowest BCUT2D eigenvalue weighted by atomic mass is 10.0. The van der Waals surface area contributed by atoms with Gasteiger partial charge in [-0.1, -0.05) is 0 Å². The summed E-state index contributed by atoms with van der Waals surface area (Å²) in [6, 6.07) is 4.33. The number of aromatic amines is 1. The molecule has 2 fully saturated rings. The van der Waals surface area contributed by atoms with Gasteiger partial charge in [-0.3, -0.25) is 4.79 Å². The van der Waals surface area contributed by atoms with E-state index in [1.807, 2.05) is 35.6 Å². The second-order valence-electron chi connectivity index (χ2n) is 8.40. The van der Waals surface area contributed by atoms with Crippen molar-refractivity contribution in [2.75, 3.05) is 18.4 Å². The number of fused-ring (bicyclic) bond motifs is 3. The Kier molecular flexibility index (Phi) is 3.77. The standard InChI is InChI=1S/C21H22N8O/c1-12(30)28-8-14-4-16(5-15(14)9-28)26-21-23-7-18-17(6-22-20(18)27-21)13-2-3-19-24-11-25-29(19)10-13/h2-3,6-7,10-11,14-16H,4-5,8-9H2,1H3,(H2,22,23,26,27)/t14-,15+,16+. The van der Waals surface area contributed by atoms with Crippen LogP contribution in [-0.2, 0) is 4.79 Å². The monoisotopic (exact) mass is 402 g/mol. The van der Waals surface area contributed by atoms with E-state index in [1.54, 1.807) is 17.8 Å². The van der Waals surface area contributed by atoms with Gasteiger partial charge in [-0.25, -0.2) is 14.5 Å². The van der Waals surface area contributed by atoms with Gasteiger partial charge in [-0.2, -0.15) is 10.1 Å². The summed E-state index contributed by atoms with van der Waals surface area (Å²) >= 11 is 0. The molecule has 0 unspecified atom stereocenters. The van der Waals surface area contributed by atoms with E-state index < -0.39 is 0 Å². The van der Waals surface area contributed by atoms with Crippen LogP contribution in [0.4, 0.5) is 5.95 Å². The maximum Gasteiger partial charge on any atom is 0.224 e. The lowest BCUT2D eigenvalue weighted by Gasteiger charge is -2.18. The summed E-state index contributed by atoms with van der Waals surface area (Å²) in [7, 11) is 0. The van der Waals surface area contributed by atoms with Crippen molar-refractivity contribution in [1.29, 1.82) is 0 Å². The predicted molar refractivity (Wildman–Crippen MR) is 112 cm³/mol. The average molecular weight is 402 g/mol. The highest BCUT2D eigenvalue weighted by molar-refractivity contribution is 5.93. The van der Waals surface area contributed by atoms with Crippen molar-refractivity contribution in [2.45, 2.75) is 25.8 Å². The van der Waals surface area contributed by atoms with Gasteiger partial charge in [-0.05, 0) is 36.8 Å². The number of amides is 1. The zero-order valence-corrected chi connectivity index (χ0v) is 16.6. The number of pyridine rings is 1. The van der Waals surface area contributed by atoms with Crippen LogP contribution >= 0.6 is 0 Å². The fourth-order valence-electron chi connectivity index (χ4n) is 5.05. The van der Waals surface area contributed by atoms with Crippen molar-refractivity contribution in [2.24, 2.45) is 11.8 Å². The molecule has 0 bridgehead atoms. The first-order valence-electron chi connectivity index (χ1n) is 10.3. The molecule has 5 heterocycles. The molecule has 1 amide bonds. The summed E-state index contributed by atoms with van der Waals surface area (Å²) in [6.45, 7) is 3.43. The Morgan fingerprint density at radius 2 is 2.03 bits per heavy atom. The van der Waals surface area contributed by atoms with Crippen molar-refractivity contribution in [1.82, 2.24) is 34.4 Å². The smallest absolute Gasteiger partial charge is 0.224 e. The number of hydrogen-bond acceptors (Lipinski definition) is 6. The fraction of sp³-hybridized carbons (Fsp3) is 0.381. The lowest BCUT2D eigenvalue weighted by Crippen LogP contribution is -2.29. The molecule has 152 valence electrons. The van der Waals surface area contributed by atoms with Crippen molar-refractivity contribution < 1.29 is 4.79 Å². The van der Waals surface area contributed by atoms with Crippen LogP contribution < -0.4 is 5.32 Å². The fourth-order valence-corrected chi connectivity index (χ4v) is 5.05. The quantitative estimate of drug-likeness (QED) is 0.545. The normalized spacial score (nSPS) is 23.4. The Hall–Kier alpha value is -3.49. The minimum atomic E-state index is 0.188. The maximum atomic E-state index is 11.6. The van der Waals surface area contributed by atoms with E-state index in [4.69, 9.17) is 4.98 Å². The summed E-state index contributed by atoms with van der Waals surface area (Å²) in [5.41, 5.74) is 3.69.